The molecule has 1 fully saturated rings. The molecule has 5 nitrogen and oxygen atoms in total. The number of para-hydroxylation sites is 1. The Morgan fingerprint density at radius 1 is 1.03 bits per heavy atom. The molecule has 30 heavy (non-hydrogen) atoms. The van der Waals surface area contributed by atoms with Crippen LogP contribution in [0, 0.1) is 5.92 Å². The molecule has 2 heterocycles. The SMILES string of the molecule is CC(C)C[C@@H]1N=C(c2ccccc2)c2cccc(N3CCNCC3)c2NC1=O.Cl.Cl. The summed E-state index contributed by atoms with van der Waals surface area (Å²) in [6.07, 6.45) is 0.735. The number of aliphatic imine (C=N–C) groups is 1. The van der Waals surface area contributed by atoms with Gasteiger partial charge in [0.25, 0.3) is 0 Å². The molecule has 0 aliphatic carbocycles. The second-order valence-corrected chi connectivity index (χ2v) is 7.92. The zero-order valence-electron chi connectivity index (χ0n) is 17.4. The van der Waals surface area contributed by atoms with E-state index in [1.54, 1.807) is 0 Å². The van der Waals surface area contributed by atoms with Gasteiger partial charge in [0.1, 0.15) is 6.04 Å². The number of hydrogen-bond donors (Lipinski definition) is 2. The highest BCUT2D eigenvalue weighted by Crippen LogP contribution is 2.34. The fourth-order valence-corrected chi connectivity index (χ4v) is 3.96. The summed E-state index contributed by atoms with van der Waals surface area (Å²) < 4.78 is 0. The third kappa shape index (κ3) is 5.15. The van der Waals surface area contributed by atoms with Gasteiger partial charge in [-0.3, -0.25) is 9.79 Å². The van der Waals surface area contributed by atoms with Crippen molar-refractivity contribution in [1.82, 2.24) is 5.32 Å². The Morgan fingerprint density at radius 3 is 2.40 bits per heavy atom. The van der Waals surface area contributed by atoms with Gasteiger partial charge in [-0.25, -0.2) is 0 Å². The Kier molecular flexibility index (Phi) is 8.71. The number of amides is 1. The second kappa shape index (κ2) is 10.8. The normalized spacial score (nSPS) is 18.4. The van der Waals surface area contributed by atoms with Crippen LogP contribution in [0.4, 0.5) is 11.4 Å². The number of nitrogens with one attached hydrogen (secondary N) is 2. The summed E-state index contributed by atoms with van der Waals surface area (Å²) in [4.78, 5) is 20.4. The van der Waals surface area contributed by atoms with Gasteiger partial charge < -0.3 is 15.5 Å². The Morgan fingerprint density at radius 2 is 1.73 bits per heavy atom. The number of rotatable bonds is 4. The molecule has 4 rings (SSSR count). The van der Waals surface area contributed by atoms with Gasteiger partial charge in [0.2, 0.25) is 5.91 Å². The molecule has 0 unspecified atom stereocenters. The zero-order chi connectivity index (χ0) is 19.5. The van der Waals surface area contributed by atoms with Crippen LogP contribution in [0.1, 0.15) is 31.4 Å². The summed E-state index contributed by atoms with van der Waals surface area (Å²) in [6.45, 7) is 8.03. The number of carbonyl (C=O) groups excluding carboxylic acids is 1. The van der Waals surface area contributed by atoms with E-state index in [2.05, 4.69) is 59.7 Å². The van der Waals surface area contributed by atoms with Gasteiger partial charge in [-0.15, -0.1) is 24.8 Å². The van der Waals surface area contributed by atoms with Gasteiger partial charge >= 0.3 is 0 Å². The van der Waals surface area contributed by atoms with Crippen LogP contribution in [0.25, 0.3) is 0 Å². The third-order valence-corrected chi connectivity index (χ3v) is 5.33. The summed E-state index contributed by atoms with van der Waals surface area (Å²) in [6, 6.07) is 16.1. The molecular weight excluding hydrogens is 419 g/mol. The quantitative estimate of drug-likeness (QED) is 0.738. The standard InChI is InChI=1S/C23H28N4O.2ClH/c1-16(2)15-19-23(28)26-22-18(21(25-19)17-7-4-3-5-8-17)9-6-10-20(22)27-13-11-24-12-14-27;;/h3-10,16,19,24H,11-15H2,1-2H3,(H,26,28);2*1H/t19-;;/m0../s1. The first kappa shape index (κ1) is 24.2. The summed E-state index contributed by atoms with van der Waals surface area (Å²) in [5.74, 6) is 0.383. The van der Waals surface area contributed by atoms with Crippen molar-refractivity contribution in [2.24, 2.45) is 10.9 Å². The van der Waals surface area contributed by atoms with Crippen LogP contribution in [-0.2, 0) is 4.79 Å². The topological polar surface area (TPSA) is 56.7 Å². The van der Waals surface area contributed by atoms with E-state index >= 15 is 0 Å². The smallest absolute Gasteiger partial charge is 0.249 e. The lowest BCUT2D eigenvalue weighted by molar-refractivity contribution is -0.117. The van der Waals surface area contributed by atoms with Crippen molar-refractivity contribution in [2.45, 2.75) is 26.3 Å². The van der Waals surface area contributed by atoms with Crippen molar-refractivity contribution < 1.29 is 4.79 Å². The lowest BCUT2D eigenvalue weighted by Crippen LogP contribution is -2.44. The number of nitrogens with zero attached hydrogens (tertiary/aromatic N) is 2. The van der Waals surface area contributed by atoms with E-state index in [4.69, 9.17) is 4.99 Å². The van der Waals surface area contributed by atoms with E-state index in [1.807, 2.05) is 18.2 Å². The molecule has 162 valence electrons. The van der Waals surface area contributed by atoms with Gasteiger partial charge in [0.15, 0.2) is 0 Å². The maximum atomic E-state index is 13.1. The molecule has 0 spiro atoms. The fraction of sp³-hybridized carbons (Fsp3) is 0.391. The molecule has 0 radical (unpaired) electrons. The van der Waals surface area contributed by atoms with Crippen molar-refractivity contribution in [3.8, 4) is 0 Å². The summed E-state index contributed by atoms with van der Waals surface area (Å²) >= 11 is 0. The number of piperazine rings is 1. The van der Waals surface area contributed by atoms with Crippen molar-refractivity contribution in [1.29, 1.82) is 0 Å². The molecule has 0 bridgehead atoms. The van der Waals surface area contributed by atoms with E-state index < -0.39 is 0 Å². The van der Waals surface area contributed by atoms with Gasteiger partial charge in [-0.2, -0.15) is 0 Å². The minimum atomic E-state index is -0.376. The van der Waals surface area contributed by atoms with Gasteiger partial charge in [0.05, 0.1) is 17.1 Å². The minimum Gasteiger partial charge on any atom is -0.367 e. The van der Waals surface area contributed by atoms with E-state index in [1.165, 1.54) is 0 Å². The zero-order valence-corrected chi connectivity index (χ0v) is 19.1. The van der Waals surface area contributed by atoms with Crippen LogP contribution in [0.3, 0.4) is 0 Å². The average molecular weight is 449 g/mol. The van der Waals surface area contributed by atoms with Crippen LogP contribution < -0.4 is 15.5 Å². The first-order chi connectivity index (χ1) is 13.6. The molecule has 2 aromatic carbocycles. The van der Waals surface area contributed by atoms with Crippen LogP contribution in [0.2, 0.25) is 0 Å². The second-order valence-electron chi connectivity index (χ2n) is 7.92. The molecule has 1 atom stereocenters. The van der Waals surface area contributed by atoms with E-state index in [9.17, 15) is 4.79 Å². The van der Waals surface area contributed by atoms with Crippen molar-refractivity contribution in [3.05, 3.63) is 59.7 Å². The summed E-state index contributed by atoms with van der Waals surface area (Å²) in [7, 11) is 0. The van der Waals surface area contributed by atoms with Crippen LogP contribution in [0.5, 0.6) is 0 Å². The lowest BCUT2D eigenvalue weighted by Gasteiger charge is -2.31. The highest BCUT2D eigenvalue weighted by Gasteiger charge is 2.29. The monoisotopic (exact) mass is 448 g/mol. The molecule has 2 aliphatic heterocycles. The Bertz CT molecular complexity index is 880. The molecule has 0 aromatic heterocycles. The molecule has 1 saturated heterocycles. The Labute approximate surface area is 191 Å². The number of halogens is 2. The number of carbonyl (C=O) groups is 1. The predicted octanol–water partition coefficient (Wildman–Crippen LogP) is 4.14. The number of fused-ring (bicyclic) bond motifs is 1. The lowest BCUT2D eigenvalue weighted by atomic mass is 9.99. The first-order valence-electron chi connectivity index (χ1n) is 10.2. The van der Waals surface area contributed by atoms with Gasteiger partial charge in [-0.1, -0.05) is 56.3 Å². The van der Waals surface area contributed by atoms with Crippen molar-refractivity contribution in [3.63, 3.8) is 0 Å². The number of benzodiazepines with no additional fused rings is 1. The maximum Gasteiger partial charge on any atom is 0.249 e. The maximum absolute atomic E-state index is 13.1. The van der Waals surface area contributed by atoms with Crippen molar-refractivity contribution in [2.75, 3.05) is 36.4 Å². The van der Waals surface area contributed by atoms with E-state index in [0.29, 0.717) is 5.92 Å². The van der Waals surface area contributed by atoms with Crippen LogP contribution in [0.15, 0.2) is 53.5 Å². The van der Waals surface area contributed by atoms with Crippen LogP contribution in [-0.4, -0.2) is 43.8 Å². The Hall–Kier alpha value is -2.08. The molecule has 2 aliphatic rings. The Balaban J connectivity index is 0.00000160. The predicted molar refractivity (Wildman–Crippen MR) is 130 cm³/mol. The third-order valence-electron chi connectivity index (χ3n) is 5.33. The highest BCUT2D eigenvalue weighted by atomic mass is 35.5. The molecule has 2 aromatic rings. The van der Waals surface area contributed by atoms with E-state index in [-0.39, 0.29) is 36.8 Å². The first-order valence-corrected chi connectivity index (χ1v) is 10.2. The molecule has 7 heteroatoms. The summed E-state index contributed by atoms with van der Waals surface area (Å²) in [5, 5.41) is 6.62. The minimum absolute atomic E-state index is 0. The molecule has 2 N–H and O–H groups in total. The fourth-order valence-electron chi connectivity index (χ4n) is 3.96. The number of hydrogen-bond acceptors (Lipinski definition) is 4. The van der Waals surface area contributed by atoms with E-state index in [0.717, 1.165) is 60.8 Å². The van der Waals surface area contributed by atoms with Crippen LogP contribution >= 0.6 is 24.8 Å². The van der Waals surface area contributed by atoms with Gasteiger partial charge in [0, 0.05) is 37.3 Å². The highest BCUT2D eigenvalue weighted by molar-refractivity contribution is 6.21. The number of anilines is 2. The average Bonchev–Trinajstić information content (AvgIpc) is 2.85. The van der Waals surface area contributed by atoms with Crippen molar-refractivity contribution >= 4 is 47.8 Å². The summed E-state index contributed by atoms with van der Waals surface area (Å²) in [5.41, 5.74) is 4.93. The largest absolute Gasteiger partial charge is 0.367 e. The molecular formula is C23H30Cl2N4O. The molecule has 1 amide bonds. The molecule has 0 saturated carbocycles. The number of benzene rings is 2. The van der Waals surface area contributed by atoms with Gasteiger partial charge in [-0.05, 0) is 18.4 Å².